The third kappa shape index (κ3) is 4.02. The van der Waals surface area contributed by atoms with E-state index in [1.807, 2.05) is 49.1 Å². The summed E-state index contributed by atoms with van der Waals surface area (Å²) in [6, 6.07) is 10.0. The van der Waals surface area contributed by atoms with E-state index in [1.165, 1.54) is 0 Å². The quantitative estimate of drug-likeness (QED) is 0.720. The Bertz CT molecular complexity index is 613. The molecule has 3 nitrogen and oxygen atoms in total. The fraction of sp³-hybridized carbons (Fsp3) is 0.500. The average molecular weight is 349 g/mol. The highest BCUT2D eigenvalue weighted by Crippen LogP contribution is 2.43. The van der Waals surface area contributed by atoms with E-state index in [0.29, 0.717) is 5.57 Å². The standard InChI is InChI=1S/C18H28O3Si2/c1-18(2,3)23(6,7)20-16(14-11-9-8-10-12-14)15-13-22(4,5)21-17(15)19/h8-13,16H,1-7H3. The van der Waals surface area contributed by atoms with Crippen molar-refractivity contribution in [2.75, 3.05) is 0 Å². The average Bonchev–Trinajstić information content (AvgIpc) is 2.69. The first-order chi connectivity index (χ1) is 10.4. The second-order valence-corrected chi connectivity index (χ2v) is 16.7. The van der Waals surface area contributed by atoms with E-state index in [9.17, 15) is 4.79 Å². The SMILES string of the molecule is CC(C)(C)[Si](C)(C)OC(C1=C[Si](C)(C)OC1=O)c1ccccc1. The first-order valence-electron chi connectivity index (χ1n) is 8.12. The first kappa shape index (κ1) is 18.2. The van der Waals surface area contributed by atoms with Gasteiger partial charge in [-0.1, -0.05) is 51.1 Å². The molecule has 0 saturated carbocycles. The number of rotatable bonds is 4. The summed E-state index contributed by atoms with van der Waals surface area (Å²) in [5.74, 6) is -0.214. The van der Waals surface area contributed by atoms with E-state index < -0.39 is 16.6 Å². The molecule has 1 aliphatic rings. The zero-order valence-corrected chi connectivity index (χ0v) is 17.3. The molecule has 1 atom stereocenters. The molecule has 1 aliphatic heterocycles. The summed E-state index contributed by atoms with van der Waals surface area (Å²) in [6.45, 7) is 15.1. The molecule has 0 fully saturated rings. The summed E-state index contributed by atoms with van der Waals surface area (Å²) < 4.78 is 12.2. The van der Waals surface area contributed by atoms with E-state index in [-0.39, 0.29) is 17.1 Å². The van der Waals surface area contributed by atoms with Crippen LogP contribution in [0.5, 0.6) is 0 Å². The molecule has 5 heteroatoms. The van der Waals surface area contributed by atoms with Gasteiger partial charge in [0.25, 0.3) is 8.32 Å². The Balaban J connectivity index is 2.45. The van der Waals surface area contributed by atoms with Gasteiger partial charge < -0.3 is 8.85 Å². The Morgan fingerprint density at radius 2 is 1.70 bits per heavy atom. The highest BCUT2D eigenvalue weighted by molar-refractivity contribution is 6.80. The molecular weight excluding hydrogens is 320 g/mol. The largest absolute Gasteiger partial charge is 0.512 e. The molecule has 126 valence electrons. The Labute approximate surface area is 142 Å². The zero-order chi connectivity index (χ0) is 17.5. The van der Waals surface area contributed by atoms with Gasteiger partial charge in [-0.2, -0.15) is 0 Å². The molecule has 0 N–H and O–H groups in total. The van der Waals surface area contributed by atoms with Crippen LogP contribution in [0.4, 0.5) is 0 Å². The Kier molecular flexibility index (Phi) is 4.77. The van der Waals surface area contributed by atoms with Crippen LogP contribution in [-0.4, -0.2) is 22.6 Å². The van der Waals surface area contributed by atoms with Gasteiger partial charge in [-0.05, 0) is 42.5 Å². The molecule has 1 aromatic carbocycles. The monoisotopic (exact) mass is 348 g/mol. The number of carbonyl (C=O) groups excluding carboxylic acids is 1. The zero-order valence-electron chi connectivity index (χ0n) is 15.3. The molecule has 1 aromatic rings. The van der Waals surface area contributed by atoms with Crippen LogP contribution in [0.25, 0.3) is 0 Å². The molecule has 1 heterocycles. The van der Waals surface area contributed by atoms with Crippen LogP contribution in [0, 0.1) is 0 Å². The summed E-state index contributed by atoms with van der Waals surface area (Å²) in [6.07, 6.45) is -0.334. The Morgan fingerprint density at radius 1 is 1.13 bits per heavy atom. The van der Waals surface area contributed by atoms with Gasteiger partial charge in [0.15, 0.2) is 8.32 Å². The fourth-order valence-electron chi connectivity index (χ4n) is 2.35. The molecule has 0 amide bonds. The summed E-state index contributed by atoms with van der Waals surface area (Å²) >= 11 is 0. The highest BCUT2D eigenvalue weighted by atomic mass is 28.4. The van der Waals surface area contributed by atoms with E-state index in [1.54, 1.807) is 0 Å². The van der Waals surface area contributed by atoms with Crippen LogP contribution >= 0.6 is 0 Å². The third-order valence-corrected chi connectivity index (χ3v) is 10.9. The molecular formula is C18H28O3Si2. The maximum absolute atomic E-state index is 12.4. The van der Waals surface area contributed by atoms with Crippen LogP contribution in [0.15, 0.2) is 41.6 Å². The van der Waals surface area contributed by atoms with Crippen LogP contribution in [0.1, 0.15) is 32.4 Å². The van der Waals surface area contributed by atoms with Gasteiger partial charge >= 0.3 is 5.97 Å². The van der Waals surface area contributed by atoms with Crippen molar-refractivity contribution in [3.05, 3.63) is 47.2 Å². The van der Waals surface area contributed by atoms with Gasteiger partial charge in [0.1, 0.15) is 6.10 Å². The van der Waals surface area contributed by atoms with E-state index >= 15 is 0 Å². The van der Waals surface area contributed by atoms with Gasteiger partial charge in [0.2, 0.25) is 0 Å². The summed E-state index contributed by atoms with van der Waals surface area (Å²) in [7, 11) is -4.09. The van der Waals surface area contributed by atoms with Crippen molar-refractivity contribution in [1.29, 1.82) is 0 Å². The lowest BCUT2D eigenvalue weighted by molar-refractivity contribution is -0.130. The van der Waals surface area contributed by atoms with Crippen molar-refractivity contribution in [2.24, 2.45) is 0 Å². The van der Waals surface area contributed by atoms with E-state index in [2.05, 4.69) is 33.9 Å². The number of hydrogen-bond acceptors (Lipinski definition) is 3. The number of benzene rings is 1. The predicted molar refractivity (Wildman–Crippen MR) is 99.1 cm³/mol. The van der Waals surface area contributed by atoms with Gasteiger partial charge in [-0.3, -0.25) is 0 Å². The Morgan fingerprint density at radius 3 is 2.13 bits per heavy atom. The predicted octanol–water partition coefficient (Wildman–Crippen LogP) is 4.98. The number of hydrogen-bond donors (Lipinski definition) is 0. The molecule has 0 aliphatic carbocycles. The molecule has 23 heavy (non-hydrogen) atoms. The molecule has 0 bridgehead atoms. The lowest BCUT2D eigenvalue weighted by Gasteiger charge is -2.39. The topological polar surface area (TPSA) is 35.5 Å². The molecule has 2 rings (SSSR count). The third-order valence-electron chi connectivity index (χ3n) is 4.70. The molecule has 1 unspecified atom stereocenters. The summed E-state index contributed by atoms with van der Waals surface area (Å²) in [5, 5.41) is 0.0794. The van der Waals surface area contributed by atoms with E-state index in [4.69, 9.17) is 8.85 Å². The highest BCUT2D eigenvalue weighted by Gasteiger charge is 2.44. The van der Waals surface area contributed by atoms with Gasteiger partial charge in [-0.25, -0.2) is 4.79 Å². The maximum Gasteiger partial charge on any atom is 0.323 e. The second kappa shape index (κ2) is 6.03. The number of carbonyl (C=O) groups is 1. The normalized spacial score (nSPS) is 19.3. The maximum atomic E-state index is 12.4. The summed E-state index contributed by atoms with van der Waals surface area (Å²) in [4.78, 5) is 12.4. The van der Waals surface area contributed by atoms with Crippen LogP contribution in [0.3, 0.4) is 0 Å². The van der Waals surface area contributed by atoms with Crippen molar-refractivity contribution in [3.8, 4) is 0 Å². The van der Waals surface area contributed by atoms with Gasteiger partial charge in [-0.15, -0.1) is 0 Å². The minimum atomic E-state index is -2.06. The van der Waals surface area contributed by atoms with Crippen molar-refractivity contribution < 1.29 is 13.6 Å². The van der Waals surface area contributed by atoms with Crippen LogP contribution in [-0.2, 0) is 13.6 Å². The lowest BCUT2D eigenvalue weighted by Crippen LogP contribution is -2.42. The lowest BCUT2D eigenvalue weighted by atomic mass is 10.0. The first-order valence-corrected chi connectivity index (χ1v) is 14.0. The van der Waals surface area contributed by atoms with E-state index in [0.717, 1.165) is 5.56 Å². The fourth-order valence-corrected chi connectivity index (χ4v) is 5.23. The second-order valence-electron chi connectivity index (χ2n) is 8.26. The van der Waals surface area contributed by atoms with Crippen LogP contribution in [0.2, 0.25) is 31.2 Å². The van der Waals surface area contributed by atoms with Gasteiger partial charge in [0.05, 0.1) is 5.57 Å². The van der Waals surface area contributed by atoms with Crippen molar-refractivity contribution in [2.45, 2.75) is 58.1 Å². The molecule has 0 aromatic heterocycles. The van der Waals surface area contributed by atoms with Crippen LogP contribution < -0.4 is 0 Å². The van der Waals surface area contributed by atoms with Crippen molar-refractivity contribution in [1.82, 2.24) is 0 Å². The minimum absolute atomic E-state index is 0.0794. The molecule has 0 saturated heterocycles. The molecule has 0 radical (unpaired) electrons. The van der Waals surface area contributed by atoms with Crippen molar-refractivity contribution >= 4 is 22.6 Å². The van der Waals surface area contributed by atoms with Gasteiger partial charge in [0, 0.05) is 0 Å². The van der Waals surface area contributed by atoms with Crippen molar-refractivity contribution in [3.63, 3.8) is 0 Å². The minimum Gasteiger partial charge on any atom is -0.512 e. The Hall–Kier alpha value is -1.18. The molecule has 0 spiro atoms. The smallest absolute Gasteiger partial charge is 0.323 e. The summed E-state index contributed by atoms with van der Waals surface area (Å²) in [5.41, 5.74) is 3.74.